The van der Waals surface area contributed by atoms with Gasteiger partial charge in [0.2, 0.25) is 11.9 Å². The van der Waals surface area contributed by atoms with E-state index in [1.54, 1.807) is 0 Å². The van der Waals surface area contributed by atoms with Gasteiger partial charge in [0.1, 0.15) is 5.82 Å². The molecule has 2 aromatic carbocycles. The van der Waals surface area contributed by atoms with Gasteiger partial charge in [0, 0.05) is 29.6 Å². The molecule has 3 heterocycles. The molecule has 0 bridgehead atoms. The Morgan fingerprint density at radius 3 is 2.64 bits per heavy atom. The van der Waals surface area contributed by atoms with Gasteiger partial charge in [-0.05, 0) is 51.3 Å². The second-order valence-corrected chi connectivity index (χ2v) is 10.1. The molecule has 2 atom stereocenters. The second kappa shape index (κ2) is 9.14. The quantitative estimate of drug-likeness (QED) is 0.337. The highest BCUT2D eigenvalue weighted by atomic mass is 16.2. The fourth-order valence-electron chi connectivity index (χ4n) is 4.93. The van der Waals surface area contributed by atoms with Crippen LogP contribution in [0.2, 0.25) is 0 Å². The van der Waals surface area contributed by atoms with Gasteiger partial charge in [0.25, 0.3) is 0 Å². The lowest BCUT2D eigenvalue weighted by Crippen LogP contribution is -2.51. The van der Waals surface area contributed by atoms with E-state index in [0.29, 0.717) is 23.9 Å². The maximum absolute atomic E-state index is 13.3. The number of H-pyrrole nitrogens is 1. The number of nitrogens with zero attached hydrogens (tertiary/aromatic N) is 4. The molecule has 2 aromatic heterocycles. The van der Waals surface area contributed by atoms with E-state index in [-0.39, 0.29) is 23.8 Å². The lowest BCUT2D eigenvalue weighted by Gasteiger charge is -2.39. The first-order valence-corrected chi connectivity index (χ1v) is 12.2. The molecule has 1 amide bonds. The van der Waals surface area contributed by atoms with Crippen LogP contribution in [-0.4, -0.2) is 38.7 Å². The average Bonchev–Trinajstić information content (AvgIpc) is 3.24. The van der Waals surface area contributed by atoms with Crippen molar-refractivity contribution in [2.45, 2.75) is 45.2 Å². The predicted octanol–water partition coefficient (Wildman–Crippen LogP) is 3.84. The number of aromatic nitrogens is 4. The van der Waals surface area contributed by atoms with E-state index in [1.807, 2.05) is 68.4 Å². The Bertz CT molecular complexity index is 1400. The number of piperidine rings is 1. The largest absolute Gasteiger partial charge is 0.382 e. The van der Waals surface area contributed by atoms with Gasteiger partial charge < -0.3 is 21.7 Å². The fourth-order valence-corrected chi connectivity index (χ4v) is 4.93. The maximum atomic E-state index is 13.3. The predicted molar refractivity (Wildman–Crippen MR) is 143 cm³/mol. The molecule has 0 saturated carbocycles. The number of carbonyl (C=O) groups is 1. The van der Waals surface area contributed by atoms with Crippen LogP contribution in [0.5, 0.6) is 0 Å². The Morgan fingerprint density at radius 1 is 1.08 bits per heavy atom. The molecule has 0 radical (unpaired) electrons. The second-order valence-electron chi connectivity index (χ2n) is 10.1. The molecule has 1 aliphatic rings. The van der Waals surface area contributed by atoms with E-state index < -0.39 is 5.54 Å². The minimum atomic E-state index is -0.465. The first kappa shape index (κ1) is 23.6. The highest BCUT2D eigenvalue weighted by Gasteiger charge is 2.34. The summed E-state index contributed by atoms with van der Waals surface area (Å²) in [5.74, 6) is 1.25. The summed E-state index contributed by atoms with van der Waals surface area (Å²) in [5, 5.41) is 11.1. The summed E-state index contributed by atoms with van der Waals surface area (Å²) in [6.07, 6.45) is 1.70. The van der Waals surface area contributed by atoms with Crippen molar-refractivity contribution in [2.24, 2.45) is 5.92 Å². The molecular weight excluding hydrogens is 452 g/mol. The Balaban J connectivity index is 1.38. The lowest BCUT2D eigenvalue weighted by molar-refractivity contribution is -0.127. The smallest absolute Gasteiger partial charge is 0.225 e. The summed E-state index contributed by atoms with van der Waals surface area (Å²) in [7, 11) is 0. The van der Waals surface area contributed by atoms with Gasteiger partial charge in [-0.2, -0.15) is 10.1 Å². The van der Waals surface area contributed by atoms with Crippen molar-refractivity contribution in [3.05, 3.63) is 60.2 Å². The number of rotatable bonds is 5. The number of anilines is 3. The first-order chi connectivity index (χ1) is 17.2. The van der Waals surface area contributed by atoms with Crippen LogP contribution < -0.4 is 21.7 Å². The Kier molecular flexibility index (Phi) is 5.99. The molecule has 1 fully saturated rings. The molecule has 5 rings (SSSR count). The van der Waals surface area contributed by atoms with Crippen LogP contribution >= 0.6 is 0 Å². The van der Waals surface area contributed by atoms with E-state index >= 15 is 0 Å². The highest BCUT2D eigenvalue weighted by Crippen LogP contribution is 2.32. The number of fused-ring (bicyclic) bond motifs is 1. The van der Waals surface area contributed by atoms with Gasteiger partial charge in [-0.25, -0.2) is 4.98 Å². The molecule has 1 saturated heterocycles. The zero-order chi connectivity index (χ0) is 25.4. The summed E-state index contributed by atoms with van der Waals surface area (Å²) >= 11 is 0. The third-order valence-electron chi connectivity index (χ3n) is 7.10. The van der Waals surface area contributed by atoms with E-state index in [0.717, 1.165) is 34.9 Å². The molecule has 9 heteroatoms. The number of amides is 1. The van der Waals surface area contributed by atoms with Crippen molar-refractivity contribution in [3.63, 3.8) is 0 Å². The number of nitrogens with one attached hydrogen (secondary N) is 2. The summed E-state index contributed by atoms with van der Waals surface area (Å²) in [6, 6.07) is 18.0. The minimum absolute atomic E-state index is 0.0466. The molecule has 0 aliphatic carbocycles. The molecule has 6 N–H and O–H groups in total. The van der Waals surface area contributed by atoms with E-state index in [1.165, 1.54) is 0 Å². The van der Waals surface area contributed by atoms with E-state index in [2.05, 4.69) is 37.3 Å². The number of aromatic amines is 1. The summed E-state index contributed by atoms with van der Waals surface area (Å²) < 4.78 is 0. The van der Waals surface area contributed by atoms with Crippen LogP contribution in [0, 0.1) is 5.92 Å². The van der Waals surface area contributed by atoms with Gasteiger partial charge in [-0.3, -0.25) is 9.89 Å². The minimum Gasteiger partial charge on any atom is -0.382 e. The zero-order valence-corrected chi connectivity index (χ0v) is 20.8. The molecule has 9 nitrogen and oxygen atoms in total. The van der Waals surface area contributed by atoms with Crippen molar-refractivity contribution >= 4 is 34.4 Å². The number of hydrogen-bond donors (Lipinski definition) is 4. The normalized spacial score (nSPS) is 18.4. The number of nitrogens with two attached hydrogens (primary N) is 2. The zero-order valence-electron chi connectivity index (χ0n) is 20.8. The first-order valence-electron chi connectivity index (χ1n) is 12.2. The highest BCUT2D eigenvalue weighted by molar-refractivity contribution is 5.91. The van der Waals surface area contributed by atoms with Gasteiger partial charge in [-0.15, -0.1) is 0 Å². The topological polar surface area (TPSA) is 139 Å². The molecule has 1 aliphatic heterocycles. The Hall–Kier alpha value is -4.14. The van der Waals surface area contributed by atoms with Crippen molar-refractivity contribution in [3.8, 4) is 11.3 Å². The van der Waals surface area contributed by atoms with Crippen molar-refractivity contribution in [1.82, 2.24) is 25.5 Å². The van der Waals surface area contributed by atoms with Crippen LogP contribution in [-0.2, 0) is 10.3 Å². The standard InChI is InChI=1S/C27H32N8O/c1-16-9-10-18(25(36)32-27(2,3)19-7-5-4-6-8-19)15-35(16)23-14-21(30-26(29)31-23)17-11-12-20-22(13-17)33-34-24(20)28/h4-8,11-14,16,18H,9-10,15H2,1-3H3,(H,32,36)(H3,28,33,34)(H2,29,30,31)/t16-,18+/m1/s1. The third-order valence-corrected chi connectivity index (χ3v) is 7.10. The van der Waals surface area contributed by atoms with Crippen LogP contribution in [0.1, 0.15) is 39.2 Å². The van der Waals surface area contributed by atoms with Crippen molar-refractivity contribution in [2.75, 3.05) is 22.9 Å². The van der Waals surface area contributed by atoms with Gasteiger partial charge in [-0.1, -0.05) is 36.4 Å². The van der Waals surface area contributed by atoms with Crippen LogP contribution in [0.15, 0.2) is 54.6 Å². The number of benzene rings is 2. The monoisotopic (exact) mass is 484 g/mol. The summed E-state index contributed by atoms with van der Waals surface area (Å²) in [6.45, 7) is 6.78. The van der Waals surface area contributed by atoms with Gasteiger partial charge >= 0.3 is 0 Å². The molecule has 0 unspecified atom stereocenters. The van der Waals surface area contributed by atoms with Crippen molar-refractivity contribution in [1.29, 1.82) is 0 Å². The maximum Gasteiger partial charge on any atom is 0.225 e. The molecule has 186 valence electrons. The number of hydrogen-bond acceptors (Lipinski definition) is 7. The summed E-state index contributed by atoms with van der Waals surface area (Å²) in [4.78, 5) is 24.5. The third kappa shape index (κ3) is 4.56. The lowest BCUT2D eigenvalue weighted by atomic mass is 9.89. The van der Waals surface area contributed by atoms with Gasteiger partial charge in [0.05, 0.1) is 22.7 Å². The van der Waals surface area contributed by atoms with Crippen LogP contribution in [0.4, 0.5) is 17.6 Å². The Morgan fingerprint density at radius 2 is 1.86 bits per heavy atom. The van der Waals surface area contributed by atoms with Gasteiger partial charge in [0.15, 0.2) is 5.82 Å². The molecule has 36 heavy (non-hydrogen) atoms. The molecule has 0 spiro atoms. The summed E-state index contributed by atoms with van der Waals surface area (Å²) in [5.41, 5.74) is 15.1. The van der Waals surface area contributed by atoms with Crippen LogP contribution in [0.25, 0.3) is 22.2 Å². The Labute approximate surface area is 210 Å². The SMILES string of the molecule is C[C@@H]1CC[C@H](C(=O)NC(C)(C)c2ccccc2)CN1c1cc(-c2ccc3c(N)n[nH]c3c2)nc(N)n1. The molecular formula is C27H32N8O. The van der Waals surface area contributed by atoms with Crippen molar-refractivity contribution < 1.29 is 4.79 Å². The number of carbonyl (C=O) groups excluding carboxylic acids is 1. The van der Waals surface area contributed by atoms with Crippen LogP contribution in [0.3, 0.4) is 0 Å². The van der Waals surface area contributed by atoms with E-state index in [9.17, 15) is 4.79 Å². The van der Waals surface area contributed by atoms with E-state index in [4.69, 9.17) is 11.5 Å². The molecule has 4 aromatic rings. The number of nitrogen functional groups attached to an aromatic ring is 2. The fraction of sp³-hybridized carbons (Fsp3) is 0.333. The average molecular weight is 485 g/mol.